The van der Waals surface area contributed by atoms with Crippen molar-refractivity contribution < 1.29 is 14.7 Å². The van der Waals surface area contributed by atoms with Crippen molar-refractivity contribution >= 4 is 12.0 Å². The highest BCUT2D eigenvalue weighted by Crippen LogP contribution is 2.27. The molecule has 6 nitrogen and oxygen atoms in total. The van der Waals surface area contributed by atoms with Crippen molar-refractivity contribution in [1.29, 1.82) is 0 Å². The van der Waals surface area contributed by atoms with E-state index < -0.39 is 5.97 Å². The van der Waals surface area contributed by atoms with Crippen molar-refractivity contribution in [2.45, 2.75) is 32.4 Å². The summed E-state index contributed by atoms with van der Waals surface area (Å²) in [6, 6.07) is 5.47. The number of amides is 2. The number of rotatable bonds is 5. The van der Waals surface area contributed by atoms with Gasteiger partial charge in [0.25, 0.3) is 0 Å². The first-order chi connectivity index (χ1) is 9.47. The molecule has 2 amide bonds. The third-order valence-corrected chi connectivity index (χ3v) is 3.21. The zero-order chi connectivity index (χ0) is 14.7. The van der Waals surface area contributed by atoms with E-state index in [1.807, 2.05) is 25.1 Å². The number of carboxylic acid groups (broad SMARTS) is 1. The second-order valence-electron chi connectivity index (χ2n) is 5.16. The monoisotopic (exact) mass is 277 g/mol. The molecule has 1 N–H and O–H groups in total. The summed E-state index contributed by atoms with van der Waals surface area (Å²) in [5.74, 6) is -0.979. The Morgan fingerprint density at radius 2 is 2.10 bits per heavy atom. The molecule has 1 aliphatic rings. The van der Waals surface area contributed by atoms with Crippen molar-refractivity contribution in [3.63, 3.8) is 0 Å². The highest BCUT2D eigenvalue weighted by Gasteiger charge is 2.35. The molecule has 0 aromatic carbocycles. The Balaban J connectivity index is 2.01. The van der Waals surface area contributed by atoms with Crippen LogP contribution in [0.4, 0.5) is 4.79 Å². The fourth-order valence-electron chi connectivity index (χ4n) is 2.10. The molecule has 2 rings (SSSR count). The Morgan fingerprint density at radius 1 is 1.40 bits per heavy atom. The van der Waals surface area contributed by atoms with Gasteiger partial charge in [0.05, 0.1) is 12.2 Å². The predicted octanol–water partition coefficient (Wildman–Crippen LogP) is 1.49. The van der Waals surface area contributed by atoms with Gasteiger partial charge >= 0.3 is 12.0 Å². The maximum atomic E-state index is 12.3. The van der Waals surface area contributed by atoms with Gasteiger partial charge in [0, 0.05) is 18.8 Å². The maximum absolute atomic E-state index is 12.3. The van der Waals surface area contributed by atoms with Crippen LogP contribution in [-0.2, 0) is 11.3 Å². The van der Waals surface area contributed by atoms with Crippen LogP contribution in [0.5, 0.6) is 0 Å². The van der Waals surface area contributed by atoms with Gasteiger partial charge in [-0.15, -0.1) is 0 Å². The quantitative estimate of drug-likeness (QED) is 0.885. The van der Waals surface area contributed by atoms with Gasteiger partial charge in [-0.1, -0.05) is 6.07 Å². The molecule has 0 bridgehead atoms. The average molecular weight is 277 g/mol. The summed E-state index contributed by atoms with van der Waals surface area (Å²) in [7, 11) is 1.67. The Morgan fingerprint density at radius 3 is 2.65 bits per heavy atom. The third kappa shape index (κ3) is 3.69. The van der Waals surface area contributed by atoms with Crippen LogP contribution in [0, 0.1) is 6.92 Å². The number of carbonyl (C=O) groups excluding carboxylic acids is 1. The normalized spacial score (nSPS) is 13.9. The van der Waals surface area contributed by atoms with E-state index in [9.17, 15) is 9.59 Å². The number of hydrogen-bond donors (Lipinski definition) is 1. The Labute approximate surface area is 118 Å². The Hall–Kier alpha value is -2.11. The van der Waals surface area contributed by atoms with Crippen LogP contribution >= 0.6 is 0 Å². The van der Waals surface area contributed by atoms with Gasteiger partial charge in [-0.2, -0.15) is 0 Å². The molecule has 0 atom stereocenters. The van der Waals surface area contributed by atoms with E-state index in [1.165, 1.54) is 9.80 Å². The van der Waals surface area contributed by atoms with Crippen molar-refractivity contribution in [1.82, 2.24) is 14.8 Å². The lowest BCUT2D eigenvalue weighted by Gasteiger charge is -2.26. The number of aliphatic carboxylic acids is 1. The topological polar surface area (TPSA) is 73.7 Å². The van der Waals surface area contributed by atoms with Crippen LogP contribution in [0.1, 0.15) is 24.2 Å². The number of nitrogens with zero attached hydrogens (tertiary/aromatic N) is 3. The van der Waals surface area contributed by atoms with Crippen LogP contribution in [0.2, 0.25) is 0 Å². The number of aromatic nitrogens is 1. The molecule has 1 aromatic heterocycles. The van der Waals surface area contributed by atoms with E-state index in [1.54, 1.807) is 7.05 Å². The number of hydrogen-bond acceptors (Lipinski definition) is 3. The highest BCUT2D eigenvalue weighted by atomic mass is 16.4. The molecule has 1 aliphatic carbocycles. The molecule has 0 aliphatic heterocycles. The fourth-order valence-corrected chi connectivity index (χ4v) is 2.10. The highest BCUT2D eigenvalue weighted by molar-refractivity contribution is 5.80. The number of urea groups is 1. The molecule has 0 spiro atoms. The third-order valence-electron chi connectivity index (χ3n) is 3.21. The predicted molar refractivity (Wildman–Crippen MR) is 73.2 cm³/mol. The zero-order valence-electron chi connectivity index (χ0n) is 11.7. The summed E-state index contributed by atoms with van der Waals surface area (Å²) in [4.78, 5) is 30.5. The van der Waals surface area contributed by atoms with Gasteiger partial charge in [0.1, 0.15) is 6.54 Å². The van der Waals surface area contributed by atoms with Gasteiger partial charge in [0.15, 0.2) is 0 Å². The lowest BCUT2D eigenvalue weighted by atomic mass is 10.3. The smallest absolute Gasteiger partial charge is 0.323 e. The first kappa shape index (κ1) is 14.3. The van der Waals surface area contributed by atoms with E-state index in [2.05, 4.69) is 4.98 Å². The molecule has 1 aromatic rings. The summed E-state index contributed by atoms with van der Waals surface area (Å²) < 4.78 is 0. The average Bonchev–Trinajstić information content (AvgIpc) is 3.19. The molecular weight excluding hydrogens is 258 g/mol. The summed E-state index contributed by atoms with van der Waals surface area (Å²) in [6.45, 7) is 2.03. The molecule has 20 heavy (non-hydrogen) atoms. The first-order valence-corrected chi connectivity index (χ1v) is 6.63. The molecule has 1 saturated carbocycles. The summed E-state index contributed by atoms with van der Waals surface area (Å²) in [5, 5.41) is 8.89. The van der Waals surface area contributed by atoms with Gasteiger partial charge in [-0.3, -0.25) is 9.78 Å². The summed E-state index contributed by atoms with van der Waals surface area (Å²) in [6.07, 6.45) is 1.77. The van der Waals surface area contributed by atoms with Crippen LogP contribution in [-0.4, -0.2) is 51.5 Å². The van der Waals surface area contributed by atoms with Crippen LogP contribution < -0.4 is 0 Å². The summed E-state index contributed by atoms with van der Waals surface area (Å²) in [5.41, 5.74) is 1.69. The number of carboxylic acids is 1. The standard InChI is InChI=1S/C14H19N3O3/c1-10-4-3-5-11(15-10)8-16(2)14(20)17(9-13(18)19)12-6-7-12/h3-5,12H,6-9H2,1-2H3,(H,18,19). The van der Waals surface area contributed by atoms with E-state index in [0.717, 1.165) is 24.2 Å². The van der Waals surface area contributed by atoms with Crippen LogP contribution in [0.25, 0.3) is 0 Å². The number of carbonyl (C=O) groups is 2. The summed E-state index contributed by atoms with van der Waals surface area (Å²) >= 11 is 0. The second kappa shape index (κ2) is 5.90. The molecule has 0 unspecified atom stereocenters. The number of pyridine rings is 1. The van der Waals surface area contributed by atoms with E-state index in [0.29, 0.717) is 6.54 Å². The number of aryl methyl sites for hydroxylation is 1. The van der Waals surface area contributed by atoms with Crippen molar-refractivity contribution in [3.8, 4) is 0 Å². The van der Waals surface area contributed by atoms with Gasteiger partial charge in [-0.25, -0.2) is 4.79 Å². The van der Waals surface area contributed by atoms with Crippen molar-refractivity contribution in [2.24, 2.45) is 0 Å². The van der Waals surface area contributed by atoms with E-state index in [-0.39, 0.29) is 18.6 Å². The van der Waals surface area contributed by atoms with Crippen LogP contribution in [0.15, 0.2) is 18.2 Å². The Bertz CT molecular complexity index is 514. The minimum Gasteiger partial charge on any atom is -0.480 e. The van der Waals surface area contributed by atoms with Crippen molar-refractivity contribution in [2.75, 3.05) is 13.6 Å². The van der Waals surface area contributed by atoms with Crippen LogP contribution in [0.3, 0.4) is 0 Å². The van der Waals surface area contributed by atoms with Crippen molar-refractivity contribution in [3.05, 3.63) is 29.6 Å². The largest absolute Gasteiger partial charge is 0.480 e. The molecule has 6 heteroatoms. The first-order valence-electron chi connectivity index (χ1n) is 6.63. The maximum Gasteiger partial charge on any atom is 0.323 e. The second-order valence-corrected chi connectivity index (χ2v) is 5.16. The molecule has 1 fully saturated rings. The van der Waals surface area contributed by atoms with Gasteiger partial charge in [-0.05, 0) is 31.9 Å². The molecule has 108 valence electrons. The van der Waals surface area contributed by atoms with Gasteiger partial charge in [0.2, 0.25) is 0 Å². The Kier molecular flexibility index (Phi) is 4.22. The lowest BCUT2D eigenvalue weighted by Crippen LogP contribution is -2.44. The molecule has 0 radical (unpaired) electrons. The fraction of sp³-hybridized carbons (Fsp3) is 0.500. The molecule has 1 heterocycles. The minimum atomic E-state index is -0.979. The lowest BCUT2D eigenvalue weighted by molar-refractivity contribution is -0.137. The van der Waals surface area contributed by atoms with E-state index >= 15 is 0 Å². The van der Waals surface area contributed by atoms with E-state index in [4.69, 9.17) is 5.11 Å². The molecule has 0 saturated heterocycles. The molecular formula is C14H19N3O3. The zero-order valence-corrected chi connectivity index (χ0v) is 11.7. The SMILES string of the molecule is Cc1cccc(CN(C)C(=O)N(CC(=O)O)C2CC2)n1. The van der Waals surface area contributed by atoms with Gasteiger partial charge < -0.3 is 14.9 Å². The minimum absolute atomic E-state index is 0.0755.